The smallest absolute Gasteiger partial charge is 0.307 e. The van der Waals surface area contributed by atoms with E-state index in [0.29, 0.717) is 25.2 Å². The van der Waals surface area contributed by atoms with Crippen LogP contribution in [-0.4, -0.2) is 51.7 Å². The molecule has 0 aliphatic rings. The molecule has 0 aliphatic heterocycles. The molecule has 7 nitrogen and oxygen atoms in total. The van der Waals surface area contributed by atoms with E-state index in [-0.39, 0.29) is 24.2 Å². The second kappa shape index (κ2) is 9.32. The summed E-state index contributed by atoms with van der Waals surface area (Å²) in [5.41, 5.74) is 2.35. The predicted octanol–water partition coefficient (Wildman–Crippen LogP) is 3.14. The molecule has 3 rings (SSSR count). The monoisotopic (exact) mass is 394 g/mol. The Bertz CT molecular complexity index is 982. The van der Waals surface area contributed by atoms with Gasteiger partial charge in [0.2, 0.25) is 0 Å². The third-order valence-electron chi connectivity index (χ3n) is 4.58. The number of pyridine rings is 1. The molecule has 0 atom stereocenters. The fraction of sp³-hybridized carbons (Fsp3) is 0.364. The van der Waals surface area contributed by atoms with Crippen LogP contribution in [0.15, 0.2) is 48.8 Å². The molecule has 2 heterocycles. The van der Waals surface area contributed by atoms with E-state index >= 15 is 0 Å². The lowest BCUT2D eigenvalue weighted by atomic mass is 10.1. The van der Waals surface area contributed by atoms with E-state index < -0.39 is 0 Å². The van der Waals surface area contributed by atoms with Crippen LogP contribution in [0, 0.1) is 5.92 Å². The summed E-state index contributed by atoms with van der Waals surface area (Å²) in [5, 5.41) is 5.23. The van der Waals surface area contributed by atoms with Gasteiger partial charge in [0.05, 0.1) is 31.8 Å². The maximum Gasteiger partial charge on any atom is 0.307 e. The van der Waals surface area contributed by atoms with Crippen LogP contribution in [-0.2, 0) is 16.1 Å². The molecular weight excluding hydrogens is 368 g/mol. The molecule has 152 valence electrons. The Labute approximate surface area is 170 Å². The molecule has 3 aromatic rings. The molecule has 0 bridgehead atoms. The molecule has 1 amide bonds. The van der Waals surface area contributed by atoms with Crippen molar-refractivity contribution in [3.8, 4) is 0 Å². The van der Waals surface area contributed by atoms with Crippen LogP contribution >= 0.6 is 0 Å². The molecule has 7 heteroatoms. The summed E-state index contributed by atoms with van der Waals surface area (Å²) < 4.78 is 6.52. The van der Waals surface area contributed by atoms with Crippen LogP contribution in [0.4, 0.5) is 0 Å². The Kier molecular flexibility index (Phi) is 6.59. The molecule has 0 N–H and O–H groups in total. The first-order valence-electron chi connectivity index (χ1n) is 9.69. The molecule has 2 aromatic heterocycles. The number of nitrogens with zero attached hydrogens (tertiary/aromatic N) is 4. The number of carbonyl (C=O) groups excluding carboxylic acids is 2. The number of benzene rings is 1. The average Bonchev–Trinajstić information content (AvgIpc) is 3.12. The highest BCUT2D eigenvalue weighted by atomic mass is 16.5. The fourth-order valence-corrected chi connectivity index (χ4v) is 3.19. The number of carbonyl (C=O) groups is 2. The van der Waals surface area contributed by atoms with Gasteiger partial charge in [-0.2, -0.15) is 5.10 Å². The molecule has 1 aromatic carbocycles. The lowest BCUT2D eigenvalue weighted by Gasteiger charge is -2.24. The van der Waals surface area contributed by atoms with Crippen molar-refractivity contribution in [1.82, 2.24) is 19.7 Å². The number of ether oxygens (including phenoxy) is 1. The highest BCUT2D eigenvalue weighted by molar-refractivity contribution is 5.97. The summed E-state index contributed by atoms with van der Waals surface area (Å²) in [4.78, 5) is 30.7. The Morgan fingerprint density at radius 2 is 1.93 bits per heavy atom. The zero-order valence-electron chi connectivity index (χ0n) is 17.0. The van der Waals surface area contributed by atoms with E-state index in [2.05, 4.69) is 10.1 Å². The van der Waals surface area contributed by atoms with Gasteiger partial charge in [-0.25, -0.2) is 9.67 Å². The number of hydrogen-bond donors (Lipinski definition) is 0. The minimum Gasteiger partial charge on any atom is -0.469 e. The highest BCUT2D eigenvalue weighted by Gasteiger charge is 2.19. The largest absolute Gasteiger partial charge is 0.469 e. The minimum absolute atomic E-state index is 0.146. The van der Waals surface area contributed by atoms with Crippen molar-refractivity contribution in [3.63, 3.8) is 0 Å². The van der Waals surface area contributed by atoms with Crippen LogP contribution in [0.3, 0.4) is 0 Å². The van der Waals surface area contributed by atoms with Gasteiger partial charge in [-0.15, -0.1) is 0 Å². The van der Waals surface area contributed by atoms with E-state index in [9.17, 15) is 9.59 Å². The third-order valence-corrected chi connectivity index (χ3v) is 4.58. The van der Waals surface area contributed by atoms with Crippen molar-refractivity contribution < 1.29 is 14.3 Å². The van der Waals surface area contributed by atoms with Crippen molar-refractivity contribution in [3.05, 3.63) is 59.9 Å². The SMILES string of the molecule is COC(=O)CCN(CC(C)C)C(=O)c1cnc2c(cnn2Cc2ccccc2)c1. The summed E-state index contributed by atoms with van der Waals surface area (Å²) >= 11 is 0. The van der Waals surface area contributed by atoms with Gasteiger partial charge in [-0.3, -0.25) is 9.59 Å². The standard InChI is InChI=1S/C22H26N4O3/c1-16(2)14-25(10-9-20(27)29-3)22(28)19-11-18-13-24-26(21(18)23-12-19)15-17-7-5-4-6-8-17/h4-8,11-13,16H,9-10,14-15H2,1-3H3. The van der Waals surface area contributed by atoms with Crippen LogP contribution in [0.5, 0.6) is 0 Å². The Hall–Kier alpha value is -3.22. The van der Waals surface area contributed by atoms with Crippen LogP contribution in [0.2, 0.25) is 0 Å². The second-order valence-electron chi connectivity index (χ2n) is 7.40. The molecule has 0 aliphatic carbocycles. The van der Waals surface area contributed by atoms with Crippen molar-refractivity contribution in [2.75, 3.05) is 20.2 Å². The number of hydrogen-bond acceptors (Lipinski definition) is 5. The first kappa shape index (κ1) is 20.5. The Morgan fingerprint density at radius 3 is 2.62 bits per heavy atom. The van der Waals surface area contributed by atoms with E-state index in [4.69, 9.17) is 4.74 Å². The van der Waals surface area contributed by atoms with Gasteiger partial charge < -0.3 is 9.64 Å². The fourth-order valence-electron chi connectivity index (χ4n) is 3.19. The number of fused-ring (bicyclic) bond motifs is 1. The number of methoxy groups -OCH3 is 1. The maximum atomic E-state index is 13.0. The van der Waals surface area contributed by atoms with Crippen LogP contribution < -0.4 is 0 Å². The molecule has 0 spiro atoms. The lowest BCUT2D eigenvalue weighted by Crippen LogP contribution is -2.36. The van der Waals surface area contributed by atoms with Gasteiger partial charge in [0.1, 0.15) is 0 Å². The molecular formula is C22H26N4O3. The molecule has 0 fully saturated rings. The van der Waals surface area contributed by atoms with Gasteiger partial charge in [-0.1, -0.05) is 44.2 Å². The number of esters is 1. The molecule has 0 unspecified atom stereocenters. The summed E-state index contributed by atoms with van der Waals surface area (Å²) in [7, 11) is 1.35. The van der Waals surface area contributed by atoms with Crippen molar-refractivity contribution in [2.24, 2.45) is 5.92 Å². The summed E-state index contributed by atoms with van der Waals surface area (Å²) in [6, 6.07) is 11.8. The minimum atomic E-state index is -0.331. The number of rotatable bonds is 8. The lowest BCUT2D eigenvalue weighted by molar-refractivity contribution is -0.140. The van der Waals surface area contributed by atoms with E-state index in [1.165, 1.54) is 7.11 Å². The molecule has 0 saturated carbocycles. The van der Waals surface area contributed by atoms with Gasteiger partial charge in [0.15, 0.2) is 5.65 Å². The zero-order chi connectivity index (χ0) is 20.8. The molecule has 0 saturated heterocycles. The van der Waals surface area contributed by atoms with Crippen molar-refractivity contribution in [2.45, 2.75) is 26.8 Å². The second-order valence-corrected chi connectivity index (χ2v) is 7.40. The maximum absolute atomic E-state index is 13.0. The van der Waals surface area contributed by atoms with Gasteiger partial charge in [0, 0.05) is 24.7 Å². The summed E-state index contributed by atoms with van der Waals surface area (Å²) in [6.45, 7) is 5.56. The first-order valence-corrected chi connectivity index (χ1v) is 9.69. The van der Waals surface area contributed by atoms with Gasteiger partial charge in [0.25, 0.3) is 5.91 Å². The number of aromatic nitrogens is 3. The predicted molar refractivity (Wildman–Crippen MR) is 110 cm³/mol. The van der Waals surface area contributed by atoms with E-state index in [0.717, 1.165) is 16.6 Å². The average molecular weight is 394 g/mol. The van der Waals surface area contributed by atoms with Crippen LogP contribution in [0.25, 0.3) is 11.0 Å². The molecule has 29 heavy (non-hydrogen) atoms. The number of amides is 1. The van der Waals surface area contributed by atoms with Crippen molar-refractivity contribution in [1.29, 1.82) is 0 Å². The molecule has 0 radical (unpaired) electrons. The summed E-state index contributed by atoms with van der Waals surface area (Å²) in [6.07, 6.45) is 3.47. The van der Waals surface area contributed by atoms with Gasteiger partial charge >= 0.3 is 5.97 Å². The highest BCUT2D eigenvalue weighted by Crippen LogP contribution is 2.17. The third kappa shape index (κ3) is 5.19. The first-order chi connectivity index (χ1) is 14.0. The van der Waals surface area contributed by atoms with E-state index in [1.54, 1.807) is 17.3 Å². The normalized spacial score (nSPS) is 11.0. The Morgan fingerprint density at radius 1 is 1.17 bits per heavy atom. The van der Waals surface area contributed by atoms with E-state index in [1.807, 2.05) is 54.9 Å². The van der Waals surface area contributed by atoms with Crippen LogP contribution in [0.1, 0.15) is 36.2 Å². The zero-order valence-corrected chi connectivity index (χ0v) is 17.0. The van der Waals surface area contributed by atoms with Crippen molar-refractivity contribution >= 4 is 22.9 Å². The van der Waals surface area contributed by atoms with Gasteiger partial charge in [-0.05, 0) is 17.5 Å². The quantitative estimate of drug-likeness (QED) is 0.549. The summed E-state index contributed by atoms with van der Waals surface area (Å²) in [5.74, 6) is -0.197. The Balaban J connectivity index is 1.80. The topological polar surface area (TPSA) is 77.3 Å².